The fraction of sp³-hybridized carbons (Fsp3) is 1.00. The SMILES string of the molecule is COCC(C)(O)CCS(C)(=O)=O. The molecule has 0 radical (unpaired) electrons. The molecule has 0 aliphatic rings. The second-order valence-corrected chi connectivity index (χ2v) is 5.57. The highest BCUT2D eigenvalue weighted by molar-refractivity contribution is 7.90. The largest absolute Gasteiger partial charge is 0.388 e. The minimum atomic E-state index is -2.99. The van der Waals surface area contributed by atoms with E-state index in [1.807, 2.05) is 0 Å². The summed E-state index contributed by atoms with van der Waals surface area (Å²) in [6.45, 7) is 1.71. The summed E-state index contributed by atoms with van der Waals surface area (Å²) in [4.78, 5) is 0. The molecule has 1 N–H and O–H groups in total. The second-order valence-electron chi connectivity index (χ2n) is 3.31. The molecule has 1 unspecified atom stereocenters. The molecular formula is C7H16O4S. The molecule has 0 amide bonds. The first-order valence-corrected chi connectivity index (χ1v) is 5.72. The maximum Gasteiger partial charge on any atom is 0.147 e. The summed E-state index contributed by atoms with van der Waals surface area (Å²) in [5.74, 6) is -0.0106. The average Bonchev–Trinajstić information content (AvgIpc) is 1.83. The second kappa shape index (κ2) is 4.20. The van der Waals surface area contributed by atoms with Gasteiger partial charge in [0.25, 0.3) is 0 Å². The van der Waals surface area contributed by atoms with E-state index in [0.717, 1.165) is 6.26 Å². The molecule has 0 saturated carbocycles. The average molecular weight is 196 g/mol. The summed E-state index contributed by atoms with van der Waals surface area (Å²) in [6, 6.07) is 0. The Bertz CT molecular complexity index is 218. The number of hydrogen-bond donors (Lipinski definition) is 1. The van der Waals surface area contributed by atoms with Crippen LogP contribution in [0.15, 0.2) is 0 Å². The summed E-state index contributed by atoms with van der Waals surface area (Å²) in [5.41, 5.74) is -1.04. The van der Waals surface area contributed by atoms with E-state index < -0.39 is 15.4 Å². The van der Waals surface area contributed by atoms with Crippen molar-refractivity contribution in [3.8, 4) is 0 Å². The van der Waals surface area contributed by atoms with Gasteiger partial charge in [-0.2, -0.15) is 0 Å². The minimum absolute atomic E-state index is 0.0106. The summed E-state index contributed by atoms with van der Waals surface area (Å²) in [5, 5.41) is 9.49. The normalized spacial score (nSPS) is 17.3. The molecule has 0 saturated heterocycles. The van der Waals surface area contributed by atoms with Crippen LogP contribution in [0, 0.1) is 0 Å². The van der Waals surface area contributed by atoms with Crippen LogP contribution >= 0.6 is 0 Å². The van der Waals surface area contributed by atoms with E-state index in [-0.39, 0.29) is 18.8 Å². The van der Waals surface area contributed by atoms with Gasteiger partial charge in [0.2, 0.25) is 0 Å². The Labute approximate surface area is 73.5 Å². The van der Waals surface area contributed by atoms with Crippen molar-refractivity contribution in [2.75, 3.05) is 25.7 Å². The summed E-state index contributed by atoms with van der Waals surface area (Å²) in [6.07, 6.45) is 1.36. The molecule has 0 aliphatic heterocycles. The number of aliphatic hydroxyl groups is 1. The fourth-order valence-electron chi connectivity index (χ4n) is 0.788. The topological polar surface area (TPSA) is 63.6 Å². The Morgan fingerprint density at radius 3 is 2.33 bits per heavy atom. The Balaban J connectivity index is 3.92. The third-order valence-electron chi connectivity index (χ3n) is 1.47. The molecule has 0 rings (SSSR count). The Morgan fingerprint density at radius 1 is 1.50 bits per heavy atom. The summed E-state index contributed by atoms with van der Waals surface area (Å²) >= 11 is 0. The third kappa shape index (κ3) is 6.57. The van der Waals surface area contributed by atoms with Gasteiger partial charge in [-0.15, -0.1) is 0 Å². The highest BCUT2D eigenvalue weighted by Crippen LogP contribution is 2.10. The number of rotatable bonds is 5. The number of hydrogen-bond acceptors (Lipinski definition) is 4. The van der Waals surface area contributed by atoms with Gasteiger partial charge in [0.15, 0.2) is 0 Å². The first kappa shape index (κ1) is 11.9. The van der Waals surface area contributed by atoms with Gasteiger partial charge in [0, 0.05) is 13.4 Å². The predicted molar refractivity (Wildman–Crippen MR) is 46.8 cm³/mol. The lowest BCUT2D eigenvalue weighted by atomic mass is 10.1. The smallest absolute Gasteiger partial charge is 0.147 e. The molecule has 0 aromatic heterocycles. The molecule has 0 fully saturated rings. The van der Waals surface area contributed by atoms with Gasteiger partial charge >= 0.3 is 0 Å². The zero-order chi connectivity index (χ0) is 9.83. The molecule has 0 bridgehead atoms. The highest BCUT2D eigenvalue weighted by atomic mass is 32.2. The molecule has 12 heavy (non-hydrogen) atoms. The van der Waals surface area contributed by atoms with Crippen molar-refractivity contribution in [3.63, 3.8) is 0 Å². The highest BCUT2D eigenvalue weighted by Gasteiger charge is 2.21. The minimum Gasteiger partial charge on any atom is -0.388 e. The Morgan fingerprint density at radius 2 is 2.00 bits per heavy atom. The van der Waals surface area contributed by atoms with Gasteiger partial charge in [-0.25, -0.2) is 8.42 Å². The zero-order valence-corrected chi connectivity index (χ0v) is 8.52. The van der Waals surface area contributed by atoms with E-state index in [9.17, 15) is 13.5 Å². The van der Waals surface area contributed by atoms with Crippen LogP contribution < -0.4 is 0 Å². The van der Waals surface area contributed by atoms with E-state index in [1.54, 1.807) is 6.92 Å². The Kier molecular flexibility index (Phi) is 4.16. The monoisotopic (exact) mass is 196 g/mol. The van der Waals surface area contributed by atoms with Gasteiger partial charge in [-0.1, -0.05) is 0 Å². The van der Waals surface area contributed by atoms with E-state index in [4.69, 9.17) is 4.74 Å². The van der Waals surface area contributed by atoms with Gasteiger partial charge in [-0.3, -0.25) is 0 Å². The van der Waals surface area contributed by atoms with Crippen molar-refractivity contribution in [2.24, 2.45) is 0 Å². The zero-order valence-electron chi connectivity index (χ0n) is 7.70. The number of methoxy groups -OCH3 is 1. The van der Waals surface area contributed by atoms with Crippen molar-refractivity contribution in [3.05, 3.63) is 0 Å². The fourth-order valence-corrected chi connectivity index (χ4v) is 1.60. The van der Waals surface area contributed by atoms with Crippen molar-refractivity contribution in [1.82, 2.24) is 0 Å². The quantitative estimate of drug-likeness (QED) is 0.662. The van der Waals surface area contributed by atoms with E-state index >= 15 is 0 Å². The van der Waals surface area contributed by atoms with Gasteiger partial charge in [-0.05, 0) is 13.3 Å². The molecule has 74 valence electrons. The van der Waals surface area contributed by atoms with E-state index in [0.29, 0.717) is 0 Å². The third-order valence-corrected chi connectivity index (χ3v) is 2.41. The summed E-state index contributed by atoms with van der Waals surface area (Å²) < 4.78 is 26.2. The molecular weight excluding hydrogens is 180 g/mol. The lowest BCUT2D eigenvalue weighted by molar-refractivity contribution is -0.0185. The van der Waals surface area contributed by atoms with Crippen molar-refractivity contribution in [1.29, 1.82) is 0 Å². The van der Waals surface area contributed by atoms with Crippen LogP contribution in [0.25, 0.3) is 0 Å². The molecule has 0 heterocycles. The number of ether oxygens (including phenoxy) is 1. The molecule has 0 spiro atoms. The molecule has 1 atom stereocenters. The van der Waals surface area contributed by atoms with Gasteiger partial charge in [0.05, 0.1) is 18.0 Å². The van der Waals surface area contributed by atoms with Crippen LogP contribution in [0.2, 0.25) is 0 Å². The molecule has 0 aromatic carbocycles. The maximum absolute atomic E-state index is 10.7. The van der Waals surface area contributed by atoms with E-state index in [1.165, 1.54) is 7.11 Å². The van der Waals surface area contributed by atoms with Gasteiger partial charge < -0.3 is 9.84 Å². The van der Waals surface area contributed by atoms with Crippen LogP contribution in [0.4, 0.5) is 0 Å². The van der Waals surface area contributed by atoms with Crippen molar-refractivity contribution >= 4 is 9.84 Å². The van der Waals surface area contributed by atoms with Crippen LogP contribution in [0.3, 0.4) is 0 Å². The number of sulfone groups is 1. The molecule has 5 heteroatoms. The lowest BCUT2D eigenvalue weighted by Gasteiger charge is -2.21. The maximum atomic E-state index is 10.7. The van der Waals surface area contributed by atoms with Crippen LogP contribution in [-0.4, -0.2) is 44.9 Å². The first-order valence-electron chi connectivity index (χ1n) is 3.66. The lowest BCUT2D eigenvalue weighted by Crippen LogP contribution is -2.32. The molecule has 4 nitrogen and oxygen atoms in total. The molecule has 0 aromatic rings. The molecule has 0 aliphatic carbocycles. The van der Waals surface area contributed by atoms with Crippen molar-refractivity contribution < 1.29 is 18.3 Å². The van der Waals surface area contributed by atoms with E-state index in [2.05, 4.69) is 0 Å². The first-order chi connectivity index (χ1) is 5.27. The summed E-state index contributed by atoms with van der Waals surface area (Å²) in [7, 11) is -1.52. The standard InChI is InChI=1S/C7H16O4S/c1-7(8,6-11-2)4-5-12(3,9)10/h8H,4-6H2,1-3H3. The van der Waals surface area contributed by atoms with Crippen LogP contribution in [0.5, 0.6) is 0 Å². The predicted octanol–water partition coefficient (Wildman–Crippen LogP) is -0.181. The van der Waals surface area contributed by atoms with Crippen LogP contribution in [-0.2, 0) is 14.6 Å². The van der Waals surface area contributed by atoms with Crippen LogP contribution in [0.1, 0.15) is 13.3 Å². The van der Waals surface area contributed by atoms with Gasteiger partial charge in [0.1, 0.15) is 9.84 Å². The van der Waals surface area contributed by atoms with Crippen molar-refractivity contribution in [2.45, 2.75) is 18.9 Å². The Hall–Kier alpha value is -0.130.